The fourth-order valence-corrected chi connectivity index (χ4v) is 8.23. The molecule has 2 fully saturated rings. The van der Waals surface area contributed by atoms with E-state index < -0.39 is 10.1 Å². The highest BCUT2D eigenvalue weighted by Crippen LogP contribution is 2.61. The van der Waals surface area contributed by atoms with Crippen LogP contribution in [0, 0.1) is 17.3 Å². The molecule has 3 aliphatic carbocycles. The lowest BCUT2D eigenvalue weighted by atomic mass is 9.55. The van der Waals surface area contributed by atoms with Gasteiger partial charge < -0.3 is 14.0 Å². The van der Waals surface area contributed by atoms with Crippen molar-refractivity contribution in [3.63, 3.8) is 0 Å². The van der Waals surface area contributed by atoms with Crippen LogP contribution in [0.3, 0.4) is 0 Å². The lowest BCUT2D eigenvalue weighted by molar-refractivity contribution is -0.0226. The Bertz CT molecular complexity index is 1400. The van der Waals surface area contributed by atoms with E-state index in [1.807, 2.05) is 36.4 Å². The molecule has 0 aromatic heterocycles. The van der Waals surface area contributed by atoms with Gasteiger partial charge in [0, 0.05) is 0 Å². The van der Waals surface area contributed by atoms with Crippen LogP contribution in [0.2, 0.25) is 0 Å². The van der Waals surface area contributed by atoms with E-state index in [1.165, 1.54) is 5.56 Å². The second kappa shape index (κ2) is 8.24. The summed E-state index contributed by atoms with van der Waals surface area (Å²) in [7, 11) is -2.46. The van der Waals surface area contributed by atoms with E-state index in [0.717, 1.165) is 54.9 Å². The Balaban J connectivity index is 1.32. The highest BCUT2D eigenvalue weighted by Gasteiger charge is 2.54. The molecule has 0 heterocycles. The first kappa shape index (κ1) is 22.9. The van der Waals surface area contributed by atoms with Gasteiger partial charge in [-0.1, -0.05) is 37.3 Å². The van der Waals surface area contributed by atoms with Gasteiger partial charge in [0.05, 0.1) is 13.2 Å². The molecule has 0 bridgehead atoms. The molecule has 3 aliphatic rings. The van der Waals surface area contributed by atoms with Crippen LogP contribution in [-0.4, -0.2) is 26.7 Å². The molecule has 35 heavy (non-hydrogen) atoms. The zero-order valence-corrected chi connectivity index (χ0v) is 21.1. The average Bonchev–Trinajstić information content (AvgIpc) is 3.17. The van der Waals surface area contributed by atoms with Crippen LogP contribution in [0.5, 0.6) is 11.5 Å². The molecule has 0 radical (unpaired) electrons. The monoisotopic (exact) mass is 492 g/mol. The number of ether oxygens (including phenoxy) is 1. The van der Waals surface area contributed by atoms with Gasteiger partial charge in [-0.2, -0.15) is 8.42 Å². The fourth-order valence-electron chi connectivity index (χ4n) is 7.26. The van der Waals surface area contributed by atoms with E-state index in [9.17, 15) is 13.5 Å². The van der Waals surface area contributed by atoms with E-state index in [1.54, 1.807) is 25.3 Å². The molecule has 5 nitrogen and oxygen atoms in total. The fraction of sp³-hybridized carbons (Fsp3) is 0.448. The van der Waals surface area contributed by atoms with Crippen molar-refractivity contribution >= 4 is 20.9 Å². The Morgan fingerprint density at radius 3 is 2.54 bits per heavy atom. The number of aliphatic hydroxyl groups is 1. The maximum absolute atomic E-state index is 13.2. The summed E-state index contributed by atoms with van der Waals surface area (Å²) in [5, 5.41) is 12.5. The van der Waals surface area contributed by atoms with Gasteiger partial charge >= 0.3 is 10.1 Å². The second-order valence-corrected chi connectivity index (χ2v) is 12.3. The van der Waals surface area contributed by atoms with Crippen molar-refractivity contribution in [3.8, 4) is 11.5 Å². The molecular weight excluding hydrogens is 460 g/mol. The van der Waals surface area contributed by atoms with Gasteiger partial charge in [0.25, 0.3) is 0 Å². The first-order valence-electron chi connectivity index (χ1n) is 12.6. The van der Waals surface area contributed by atoms with Crippen LogP contribution in [0.4, 0.5) is 0 Å². The number of rotatable bonds is 4. The summed E-state index contributed by atoms with van der Waals surface area (Å²) < 4.78 is 37.7. The Kier molecular flexibility index (Phi) is 5.38. The molecule has 1 N–H and O–H groups in total. The summed E-state index contributed by atoms with van der Waals surface area (Å²) in [6, 6.07) is 16.6. The van der Waals surface area contributed by atoms with Gasteiger partial charge in [-0.25, -0.2) is 0 Å². The summed E-state index contributed by atoms with van der Waals surface area (Å²) >= 11 is 0. The van der Waals surface area contributed by atoms with E-state index in [-0.39, 0.29) is 22.2 Å². The topological polar surface area (TPSA) is 72.8 Å². The third-order valence-corrected chi connectivity index (χ3v) is 10.4. The molecule has 184 valence electrons. The van der Waals surface area contributed by atoms with Crippen molar-refractivity contribution in [2.45, 2.75) is 62.4 Å². The molecule has 0 saturated heterocycles. The smallest absolute Gasteiger partial charge is 0.339 e. The summed E-state index contributed by atoms with van der Waals surface area (Å²) in [4.78, 5) is 0.127. The van der Waals surface area contributed by atoms with E-state index in [0.29, 0.717) is 23.5 Å². The molecule has 3 aromatic rings. The Morgan fingerprint density at radius 2 is 1.74 bits per heavy atom. The minimum absolute atomic E-state index is 0.0275. The summed E-state index contributed by atoms with van der Waals surface area (Å²) in [5.74, 6) is 2.21. The van der Waals surface area contributed by atoms with Crippen molar-refractivity contribution in [1.82, 2.24) is 0 Å². The minimum Gasteiger partial charge on any atom is -0.493 e. The van der Waals surface area contributed by atoms with Crippen molar-refractivity contribution in [2.75, 3.05) is 7.11 Å². The van der Waals surface area contributed by atoms with Crippen molar-refractivity contribution < 1.29 is 22.4 Å². The van der Waals surface area contributed by atoms with Gasteiger partial charge in [-0.15, -0.1) is 0 Å². The molecule has 6 heteroatoms. The van der Waals surface area contributed by atoms with E-state index >= 15 is 0 Å². The van der Waals surface area contributed by atoms with Gasteiger partial charge in [-0.3, -0.25) is 0 Å². The van der Waals surface area contributed by atoms with Gasteiger partial charge in [0.2, 0.25) is 0 Å². The molecule has 2 saturated carbocycles. The van der Waals surface area contributed by atoms with Gasteiger partial charge in [0.15, 0.2) is 11.5 Å². The zero-order chi connectivity index (χ0) is 24.4. The lowest BCUT2D eigenvalue weighted by Crippen LogP contribution is -2.43. The number of hydrogen-bond acceptors (Lipinski definition) is 5. The highest BCUT2D eigenvalue weighted by molar-refractivity contribution is 7.87. The number of fused-ring (bicyclic) bond motifs is 6. The van der Waals surface area contributed by atoms with E-state index in [4.69, 9.17) is 8.92 Å². The molecule has 0 spiro atoms. The quantitative estimate of drug-likeness (QED) is 0.464. The number of aliphatic hydroxyl groups excluding tert-OH is 1. The molecule has 0 amide bonds. The predicted octanol–water partition coefficient (Wildman–Crippen LogP) is 5.83. The lowest BCUT2D eigenvalue weighted by Gasteiger charge is -2.50. The second-order valence-electron chi connectivity index (χ2n) is 10.8. The number of hydrogen-bond donors (Lipinski definition) is 1. The Morgan fingerprint density at radius 1 is 0.943 bits per heavy atom. The first-order chi connectivity index (χ1) is 16.8. The highest BCUT2D eigenvalue weighted by atomic mass is 32.2. The number of aryl methyl sites for hydroxylation is 1. The largest absolute Gasteiger partial charge is 0.493 e. The third kappa shape index (κ3) is 3.64. The molecule has 5 unspecified atom stereocenters. The molecular formula is C29H32O5S. The predicted molar refractivity (Wildman–Crippen MR) is 135 cm³/mol. The number of benzene rings is 3. The van der Waals surface area contributed by atoms with Crippen LogP contribution in [0.1, 0.15) is 56.1 Å². The SMILES string of the molecule is COc1cc2c(cc1OS(=O)(=O)c1ccc3ccccc3c1)CCC1C2CCC2(C)C(O)CCC12. The Labute approximate surface area is 207 Å². The maximum Gasteiger partial charge on any atom is 0.339 e. The third-order valence-electron chi connectivity index (χ3n) is 9.17. The van der Waals surface area contributed by atoms with Crippen LogP contribution >= 0.6 is 0 Å². The standard InChI is InChI=1S/C29H32O5S/c1-29-14-13-22-23(25(29)11-12-28(29)30)10-8-20-16-27(26(33-2)17-24(20)22)34-35(31,32)21-9-7-18-5-3-4-6-19(18)15-21/h3-7,9,15-17,22-23,25,28,30H,8,10-14H2,1-2H3. The van der Waals surface area contributed by atoms with Crippen LogP contribution in [0.15, 0.2) is 59.5 Å². The van der Waals surface area contributed by atoms with Crippen LogP contribution in [-0.2, 0) is 16.5 Å². The summed E-state index contributed by atoms with van der Waals surface area (Å²) in [6.07, 6.45) is 5.82. The molecule has 0 aliphatic heterocycles. The zero-order valence-electron chi connectivity index (χ0n) is 20.2. The normalized spacial score (nSPS) is 29.8. The van der Waals surface area contributed by atoms with Crippen LogP contribution in [0.25, 0.3) is 10.8 Å². The summed E-state index contributed by atoms with van der Waals surface area (Å²) in [5.41, 5.74) is 2.44. The number of methoxy groups -OCH3 is 1. The first-order valence-corrected chi connectivity index (χ1v) is 14.0. The van der Waals surface area contributed by atoms with Crippen molar-refractivity contribution in [1.29, 1.82) is 0 Å². The van der Waals surface area contributed by atoms with Crippen molar-refractivity contribution in [3.05, 3.63) is 65.7 Å². The molecule has 3 aromatic carbocycles. The Hall–Kier alpha value is -2.57. The minimum atomic E-state index is -4.02. The average molecular weight is 493 g/mol. The van der Waals surface area contributed by atoms with E-state index in [2.05, 4.69) is 6.92 Å². The van der Waals surface area contributed by atoms with Gasteiger partial charge in [-0.05, 0) is 108 Å². The van der Waals surface area contributed by atoms with Crippen LogP contribution < -0.4 is 8.92 Å². The summed E-state index contributed by atoms with van der Waals surface area (Å²) in [6.45, 7) is 2.27. The van der Waals surface area contributed by atoms with Crippen molar-refractivity contribution in [2.24, 2.45) is 17.3 Å². The van der Waals surface area contributed by atoms with Gasteiger partial charge in [0.1, 0.15) is 4.90 Å². The molecule has 6 rings (SSSR count). The molecule has 5 atom stereocenters. The maximum atomic E-state index is 13.2.